The summed E-state index contributed by atoms with van der Waals surface area (Å²) in [5.41, 5.74) is 0.923. The third kappa shape index (κ3) is 3.76. The molecule has 0 spiro atoms. The summed E-state index contributed by atoms with van der Waals surface area (Å²) in [7, 11) is 0. The molecule has 0 bridgehead atoms. The number of rotatable bonds is 6. The van der Waals surface area contributed by atoms with Crippen LogP contribution in [0, 0.1) is 0 Å². The lowest BCUT2D eigenvalue weighted by molar-refractivity contribution is -0.117. The van der Waals surface area contributed by atoms with Crippen molar-refractivity contribution in [3.8, 4) is 5.82 Å². The Balaban J connectivity index is 1.63. The van der Waals surface area contributed by atoms with Crippen LogP contribution in [0.3, 0.4) is 0 Å². The first-order valence-electron chi connectivity index (χ1n) is 6.96. The lowest BCUT2D eigenvalue weighted by Crippen LogP contribution is -2.37. The number of hydrogen-bond acceptors (Lipinski definition) is 7. The number of thiazole rings is 1. The Hall–Kier alpha value is -2.65. The molecule has 0 saturated heterocycles. The molecule has 0 aromatic carbocycles. The van der Waals surface area contributed by atoms with Crippen molar-refractivity contribution in [2.75, 3.05) is 5.32 Å². The Morgan fingerprint density at radius 1 is 1.39 bits per heavy atom. The maximum absolute atomic E-state index is 12.1. The number of carbonyl (C=O) groups excluding carboxylic acids is 1. The number of anilines is 1. The molecule has 2 N–H and O–H groups in total. The van der Waals surface area contributed by atoms with Crippen molar-refractivity contribution in [2.24, 2.45) is 0 Å². The van der Waals surface area contributed by atoms with Gasteiger partial charge < -0.3 is 10.6 Å². The van der Waals surface area contributed by atoms with Crippen molar-refractivity contribution >= 4 is 22.4 Å². The minimum Gasteiger partial charge on any atom is -0.302 e. The largest absolute Gasteiger partial charge is 0.302 e. The summed E-state index contributed by atoms with van der Waals surface area (Å²) >= 11 is 1.38. The molecule has 3 rings (SSSR count). The van der Waals surface area contributed by atoms with E-state index in [1.807, 2.05) is 17.5 Å². The molecule has 1 amide bonds. The van der Waals surface area contributed by atoms with Crippen molar-refractivity contribution in [3.05, 3.63) is 48.1 Å². The smallest absolute Gasteiger partial charge is 0.243 e. The van der Waals surface area contributed by atoms with Gasteiger partial charge in [0, 0.05) is 29.9 Å². The lowest BCUT2D eigenvalue weighted by atomic mass is 10.2. The van der Waals surface area contributed by atoms with Gasteiger partial charge in [0.25, 0.3) is 0 Å². The number of carbonyl (C=O) groups is 1. The molecule has 9 heteroatoms. The summed E-state index contributed by atoms with van der Waals surface area (Å²) in [4.78, 5) is 24.4. The number of amides is 1. The zero-order valence-electron chi connectivity index (χ0n) is 12.4. The van der Waals surface area contributed by atoms with Crippen molar-refractivity contribution in [2.45, 2.75) is 19.5 Å². The van der Waals surface area contributed by atoms with Crippen LogP contribution < -0.4 is 10.6 Å². The molecule has 0 aliphatic carbocycles. The molecule has 0 aliphatic heterocycles. The number of aromatic nitrogens is 5. The second-order valence-corrected chi connectivity index (χ2v) is 5.65. The SMILES string of the molecule is CC(NCc1cccnc1-n1cncn1)C(=O)Nc1nccs1. The Morgan fingerprint density at radius 3 is 3.04 bits per heavy atom. The standard InChI is InChI=1S/C14H15N7OS/c1-10(13(22)20-14-17-5-6-23-14)18-7-11-3-2-4-16-12(11)21-9-15-8-19-21/h2-6,8-10,18H,7H2,1H3,(H,17,20,22). The molecule has 3 aromatic rings. The molecular formula is C14H15N7OS. The van der Waals surface area contributed by atoms with Gasteiger partial charge in [0.15, 0.2) is 10.9 Å². The van der Waals surface area contributed by atoms with E-state index in [-0.39, 0.29) is 11.9 Å². The lowest BCUT2D eigenvalue weighted by Gasteiger charge is -2.14. The van der Waals surface area contributed by atoms with Crippen LogP contribution in [0.15, 0.2) is 42.6 Å². The van der Waals surface area contributed by atoms with Gasteiger partial charge in [0.1, 0.15) is 12.7 Å². The van der Waals surface area contributed by atoms with Crippen molar-refractivity contribution in [1.82, 2.24) is 30.0 Å². The van der Waals surface area contributed by atoms with E-state index >= 15 is 0 Å². The minimum atomic E-state index is -0.372. The van der Waals surface area contributed by atoms with Gasteiger partial charge in [-0.3, -0.25) is 4.79 Å². The van der Waals surface area contributed by atoms with Gasteiger partial charge >= 0.3 is 0 Å². The van der Waals surface area contributed by atoms with Gasteiger partial charge in [-0.05, 0) is 13.0 Å². The van der Waals surface area contributed by atoms with E-state index in [0.29, 0.717) is 17.5 Å². The highest BCUT2D eigenvalue weighted by Gasteiger charge is 2.15. The Bertz CT molecular complexity index is 757. The van der Waals surface area contributed by atoms with Crippen molar-refractivity contribution < 1.29 is 4.79 Å². The van der Waals surface area contributed by atoms with Gasteiger partial charge in [0.05, 0.1) is 6.04 Å². The van der Waals surface area contributed by atoms with E-state index in [1.54, 1.807) is 30.3 Å². The average Bonchev–Trinajstić information content (AvgIpc) is 3.26. The zero-order chi connectivity index (χ0) is 16.1. The van der Waals surface area contributed by atoms with Crippen LogP contribution in [0.25, 0.3) is 5.82 Å². The third-order valence-electron chi connectivity index (χ3n) is 3.16. The van der Waals surface area contributed by atoms with E-state index in [0.717, 1.165) is 5.56 Å². The second-order valence-electron chi connectivity index (χ2n) is 4.76. The summed E-state index contributed by atoms with van der Waals surface area (Å²) < 4.78 is 1.59. The topological polar surface area (TPSA) is 97.6 Å². The fourth-order valence-electron chi connectivity index (χ4n) is 1.95. The van der Waals surface area contributed by atoms with Crippen LogP contribution >= 0.6 is 11.3 Å². The Morgan fingerprint density at radius 2 is 2.30 bits per heavy atom. The van der Waals surface area contributed by atoms with Gasteiger partial charge in [-0.1, -0.05) is 6.07 Å². The Kier molecular flexibility index (Phi) is 4.69. The summed E-state index contributed by atoms with van der Waals surface area (Å²) in [5, 5.41) is 12.4. The molecule has 0 saturated carbocycles. The Labute approximate surface area is 136 Å². The minimum absolute atomic E-state index is 0.133. The highest BCUT2D eigenvalue weighted by molar-refractivity contribution is 7.13. The van der Waals surface area contributed by atoms with E-state index in [1.165, 1.54) is 17.7 Å². The fourth-order valence-corrected chi connectivity index (χ4v) is 2.48. The molecule has 0 radical (unpaired) electrons. The van der Waals surface area contributed by atoms with E-state index < -0.39 is 0 Å². The molecule has 8 nitrogen and oxygen atoms in total. The van der Waals surface area contributed by atoms with Gasteiger partial charge in [-0.15, -0.1) is 11.3 Å². The van der Waals surface area contributed by atoms with Crippen LogP contribution in [0.2, 0.25) is 0 Å². The highest BCUT2D eigenvalue weighted by Crippen LogP contribution is 2.12. The third-order valence-corrected chi connectivity index (χ3v) is 3.85. The van der Waals surface area contributed by atoms with Crippen LogP contribution in [-0.2, 0) is 11.3 Å². The number of nitrogens with one attached hydrogen (secondary N) is 2. The van der Waals surface area contributed by atoms with Crippen LogP contribution in [-0.4, -0.2) is 36.7 Å². The first kappa shape index (κ1) is 15.3. The molecule has 23 heavy (non-hydrogen) atoms. The number of hydrogen-bond donors (Lipinski definition) is 2. The fraction of sp³-hybridized carbons (Fsp3) is 0.214. The highest BCUT2D eigenvalue weighted by atomic mass is 32.1. The van der Waals surface area contributed by atoms with Crippen molar-refractivity contribution in [1.29, 1.82) is 0 Å². The second kappa shape index (κ2) is 7.07. The van der Waals surface area contributed by atoms with Crippen molar-refractivity contribution in [3.63, 3.8) is 0 Å². The van der Waals surface area contributed by atoms with Gasteiger partial charge in [-0.25, -0.2) is 19.6 Å². The van der Waals surface area contributed by atoms with Crippen LogP contribution in [0.1, 0.15) is 12.5 Å². The number of nitrogens with zero attached hydrogens (tertiary/aromatic N) is 5. The molecule has 1 atom stereocenters. The number of pyridine rings is 1. The quantitative estimate of drug-likeness (QED) is 0.706. The molecule has 0 aliphatic rings. The van der Waals surface area contributed by atoms with Crippen LogP contribution in [0.4, 0.5) is 5.13 Å². The van der Waals surface area contributed by atoms with E-state index in [4.69, 9.17) is 0 Å². The molecule has 3 heterocycles. The predicted molar refractivity (Wildman–Crippen MR) is 86.2 cm³/mol. The first-order chi connectivity index (χ1) is 11.2. The maximum atomic E-state index is 12.1. The first-order valence-corrected chi connectivity index (χ1v) is 7.84. The van der Waals surface area contributed by atoms with E-state index in [2.05, 4.69) is 30.7 Å². The van der Waals surface area contributed by atoms with Gasteiger partial charge in [0.2, 0.25) is 5.91 Å². The summed E-state index contributed by atoms with van der Waals surface area (Å²) in [6.45, 7) is 2.28. The monoisotopic (exact) mass is 329 g/mol. The maximum Gasteiger partial charge on any atom is 0.243 e. The molecule has 3 aromatic heterocycles. The molecule has 1 unspecified atom stereocenters. The van der Waals surface area contributed by atoms with Gasteiger partial charge in [-0.2, -0.15) is 5.10 Å². The van der Waals surface area contributed by atoms with E-state index in [9.17, 15) is 4.79 Å². The summed E-state index contributed by atoms with van der Waals surface area (Å²) in [6, 6.07) is 3.41. The zero-order valence-corrected chi connectivity index (χ0v) is 13.2. The summed E-state index contributed by atoms with van der Waals surface area (Å²) in [5.74, 6) is 0.552. The molecule has 118 valence electrons. The average molecular weight is 329 g/mol. The normalized spacial score (nSPS) is 12.0. The van der Waals surface area contributed by atoms with Crippen LogP contribution in [0.5, 0.6) is 0 Å². The summed E-state index contributed by atoms with van der Waals surface area (Å²) in [6.07, 6.45) is 6.39. The molecule has 0 fully saturated rings. The molecular weight excluding hydrogens is 314 g/mol. The predicted octanol–water partition coefficient (Wildman–Crippen LogP) is 1.24.